The maximum Gasteiger partial charge on any atom is 0.326 e. The molecule has 0 aromatic heterocycles. The molecule has 0 fully saturated rings. The van der Waals surface area contributed by atoms with Crippen LogP contribution in [0.25, 0.3) is 0 Å². The fourth-order valence-corrected chi connectivity index (χ4v) is 0.0873. The molecule has 0 radical (unpaired) electrons. The largest absolute Gasteiger partial charge is 0.547 e. The summed E-state index contributed by atoms with van der Waals surface area (Å²) in [6.07, 6.45) is 0. The van der Waals surface area contributed by atoms with Crippen molar-refractivity contribution in [2.24, 2.45) is 0 Å². The van der Waals surface area contributed by atoms with Crippen LogP contribution in [0.1, 0.15) is 0 Å². The summed E-state index contributed by atoms with van der Waals surface area (Å²) in [5, 5.41) is 7.75. The van der Waals surface area contributed by atoms with Gasteiger partial charge >= 0.3 is 5.97 Å². The maximum atomic E-state index is 9.43. The van der Waals surface area contributed by atoms with Gasteiger partial charge in [0.1, 0.15) is 6.61 Å². The van der Waals surface area contributed by atoms with E-state index in [1.54, 1.807) is 0 Å². The average Bonchev–Trinajstić information content (AvgIpc) is 1.35. The van der Waals surface area contributed by atoms with Gasteiger partial charge in [-0.15, -0.1) is 0 Å². The summed E-state index contributed by atoms with van der Waals surface area (Å²) in [6.45, 7) is -0.319. The van der Waals surface area contributed by atoms with Crippen molar-refractivity contribution in [2.75, 3.05) is 6.61 Å². The van der Waals surface area contributed by atoms with E-state index in [2.05, 4.69) is 11.8 Å². The third-order valence-corrected chi connectivity index (χ3v) is 0.226. The second-order valence-corrected chi connectivity index (χ2v) is 0.742. The van der Waals surface area contributed by atoms with E-state index in [4.69, 9.17) is 5.11 Å². The number of aliphatic carboxylic acids is 1. The van der Waals surface area contributed by atoms with E-state index in [1.807, 2.05) is 0 Å². The number of rotatable bonds is 2. The molecule has 7 heavy (non-hydrogen) atoms. The van der Waals surface area contributed by atoms with E-state index in [0.29, 0.717) is 0 Å². The van der Waals surface area contributed by atoms with Crippen LogP contribution in [0.4, 0.5) is 0 Å². The summed E-state index contributed by atoms with van der Waals surface area (Å²) in [6, 6.07) is 0. The Kier molecular flexibility index (Phi) is 5.73. The van der Waals surface area contributed by atoms with Crippen LogP contribution in [0.2, 0.25) is 0 Å². The number of carboxylic acid groups (broad SMARTS) is 1. The monoisotopic (exact) mass is 356 g/mol. The normalized spacial score (nSPS) is 7.00. The molecule has 0 unspecified atom stereocenters. The summed E-state index contributed by atoms with van der Waals surface area (Å²) < 4.78 is 3.95. The molecule has 0 aliphatic carbocycles. The predicted molar refractivity (Wildman–Crippen MR) is 18.9 cm³/mol. The van der Waals surface area contributed by atoms with Crippen molar-refractivity contribution in [1.29, 1.82) is 0 Å². The molecule has 4 heteroatoms. The summed E-state index contributed by atoms with van der Waals surface area (Å²) in [5.74, 6) is -0.995. The van der Waals surface area contributed by atoms with Gasteiger partial charge in [0.2, 0.25) is 0 Å². The Balaban J connectivity index is 0. The molecule has 0 aliphatic rings. The summed E-state index contributed by atoms with van der Waals surface area (Å²) in [4.78, 5) is 9.43. The van der Waals surface area contributed by atoms with Gasteiger partial charge in [-0.1, -0.05) is 0 Å². The summed E-state index contributed by atoms with van der Waals surface area (Å²) >= 11 is 0. The van der Waals surface area contributed by atoms with Crippen LogP contribution in [-0.4, -0.2) is 17.7 Å². The molecule has 0 heterocycles. The molecule has 1 N–H and O–H groups in total. The van der Waals surface area contributed by atoms with Crippen molar-refractivity contribution in [3.63, 3.8) is 0 Å². The van der Waals surface area contributed by atoms with Crippen LogP contribution in [-0.2, 0) is 9.53 Å². The van der Waals surface area contributed by atoms with Crippen molar-refractivity contribution >= 4 is 5.97 Å². The molecule has 0 aliphatic heterocycles. The van der Waals surface area contributed by atoms with Crippen molar-refractivity contribution < 1.29 is 14.6 Å². The zero-order valence-electron chi connectivity index (χ0n) is 3.89. The smallest absolute Gasteiger partial charge is 0.326 e. The maximum absolute atomic E-state index is 9.43. The Labute approximate surface area is 35.5 Å². The van der Waals surface area contributed by atoms with E-state index in [0.717, 1.165) is 0 Å². The van der Waals surface area contributed by atoms with Crippen LogP contribution in [0.3, 0.4) is 0 Å². The van der Waals surface area contributed by atoms with E-state index >= 15 is 0 Å². The second-order valence-electron chi connectivity index (χ2n) is 0.742. The van der Waals surface area contributed by atoms with E-state index < -0.39 is 5.97 Å². The van der Waals surface area contributed by atoms with Gasteiger partial charge in [-0.05, 0) is 0 Å². The molecular weight excluding hydrogens is 351 g/mol. The van der Waals surface area contributed by atoms with Gasteiger partial charge in [-0.3, -0.25) is 0 Å². The van der Waals surface area contributed by atoms with Gasteiger partial charge in [0, 0.05) is 0 Å². The van der Waals surface area contributed by atoms with E-state index in [-0.39, 0.29) is 6.61 Å². The van der Waals surface area contributed by atoms with Crippen molar-refractivity contribution in [3.05, 3.63) is 7.11 Å². The summed E-state index contributed by atoms with van der Waals surface area (Å²) in [5.41, 5.74) is 0. The molecule has 0 rings (SSSR count). The third-order valence-electron chi connectivity index (χ3n) is 0.226. The first kappa shape index (κ1) is 9.06. The Hall–Kier alpha value is -1.57. The minimum atomic E-state index is -0.995. The van der Waals surface area contributed by atoms with Crippen molar-refractivity contribution in [1.82, 2.24) is 0 Å². The Morgan fingerprint density at radius 3 is 2.29 bits per heavy atom. The van der Waals surface area contributed by atoms with Gasteiger partial charge in [0.05, 0.1) is 0 Å². The fraction of sp³-hybridized carbons (Fsp3) is 0.333. The van der Waals surface area contributed by atoms with Gasteiger partial charge in [0.15, 0.2) is 0 Å². The minimum Gasteiger partial charge on any atom is -0.547 e. The molecule has 0 aromatic carbocycles. The quantitative estimate of drug-likeness (QED) is 0.702. The van der Waals surface area contributed by atoms with Crippen molar-refractivity contribution in [3.8, 4) is 0 Å². The second kappa shape index (κ2) is 4.43. The fourth-order valence-electron chi connectivity index (χ4n) is 0.0873. The molecule has 0 saturated carbocycles. The predicted octanol–water partition coefficient (Wildman–Crippen LogP) is -0.121. The Morgan fingerprint density at radius 1 is 1.86 bits per heavy atom. The van der Waals surface area contributed by atoms with Crippen LogP contribution < -0.4 is 0 Å². The zero-order valence-corrected chi connectivity index (χ0v) is 10.3. The Morgan fingerprint density at radius 2 is 2.29 bits per heavy atom. The first-order valence-electron chi connectivity index (χ1n) is 1.36. The van der Waals surface area contributed by atoms with Gasteiger partial charge in [0.25, 0.3) is 0 Å². The molecule has 38 valence electrons. The molecule has 0 atom stereocenters. The molecule has 0 saturated heterocycles. The average molecular weight is 356 g/mol. The van der Waals surface area contributed by atoms with Gasteiger partial charge in [-0.25, -0.2) is 11.9 Å². The van der Waals surface area contributed by atoms with Crippen LogP contribution >= 0.6 is 0 Å². The molecule has 0 spiro atoms. The number of ether oxygens (including phenoxy) is 1. The first-order valence-corrected chi connectivity index (χ1v) is 1.36. The van der Waals surface area contributed by atoms with Crippen molar-refractivity contribution in [2.45, 2.75) is 0 Å². The molecule has 0 bridgehead atoms. The molecule has 0 aromatic rings. The molecule has 0 amide bonds. The van der Waals surface area contributed by atoms with E-state index in [1.165, 1.54) is 0 Å². The SMILES string of the molecule is [CH2-]OCC(=O)O.[Rf]. The standard InChI is InChI=1S/C3H5O3.Rf/c1-6-2-3(4)5;/h1-2H2,(H,4,5);/q-1;. The van der Waals surface area contributed by atoms with E-state index in [9.17, 15) is 4.79 Å². The first-order chi connectivity index (χ1) is 2.77. The van der Waals surface area contributed by atoms with Crippen LogP contribution in [0.15, 0.2) is 0 Å². The number of hydrogen-bond acceptors (Lipinski definition) is 2. The number of hydrogen-bond donors (Lipinski definition) is 1. The molecular formula is C3H5O3Rf-. The minimum absolute atomic E-state index is 0. The Bertz CT molecular complexity index is 54.1. The third kappa shape index (κ3) is 12.8. The summed E-state index contributed by atoms with van der Waals surface area (Å²) in [7, 11) is 2.84. The number of carboxylic acids is 1. The topological polar surface area (TPSA) is 46.5 Å². The van der Waals surface area contributed by atoms with Crippen LogP contribution in [0, 0.1) is 7.11 Å². The molecule has 3 nitrogen and oxygen atoms in total. The van der Waals surface area contributed by atoms with Gasteiger partial charge < -0.3 is 9.84 Å². The van der Waals surface area contributed by atoms with Gasteiger partial charge in [-0.2, -0.15) is 0 Å². The zero-order chi connectivity index (χ0) is 4.99. The number of carbonyl (C=O) groups is 1. The van der Waals surface area contributed by atoms with Crippen LogP contribution in [0.5, 0.6) is 0 Å².